The van der Waals surface area contributed by atoms with Crippen LogP contribution < -0.4 is 5.32 Å². The molecular formula is C16H15BrFNO2. The summed E-state index contributed by atoms with van der Waals surface area (Å²) in [5, 5.41) is 12.1. The van der Waals surface area contributed by atoms with Crippen LogP contribution in [0.3, 0.4) is 0 Å². The van der Waals surface area contributed by atoms with E-state index >= 15 is 0 Å². The molecule has 0 aliphatic rings. The van der Waals surface area contributed by atoms with E-state index < -0.39 is 11.8 Å². The quantitative estimate of drug-likeness (QED) is 0.851. The molecule has 0 unspecified atom stereocenters. The molecule has 0 fully saturated rings. The zero-order chi connectivity index (χ0) is 15.4. The van der Waals surface area contributed by atoms with E-state index in [4.69, 9.17) is 5.11 Å². The van der Waals surface area contributed by atoms with Gasteiger partial charge in [0.15, 0.2) is 0 Å². The predicted octanol–water partition coefficient (Wildman–Crippen LogP) is 4.14. The first-order valence-corrected chi connectivity index (χ1v) is 7.27. The van der Waals surface area contributed by atoms with Crippen molar-refractivity contribution in [3.63, 3.8) is 0 Å². The van der Waals surface area contributed by atoms with Crippen molar-refractivity contribution in [2.75, 3.05) is 0 Å². The van der Waals surface area contributed by atoms with Crippen molar-refractivity contribution in [1.82, 2.24) is 5.32 Å². The van der Waals surface area contributed by atoms with Gasteiger partial charge in [0.1, 0.15) is 5.82 Å². The van der Waals surface area contributed by atoms with E-state index in [-0.39, 0.29) is 18.2 Å². The van der Waals surface area contributed by atoms with Gasteiger partial charge in [0.25, 0.3) is 0 Å². The van der Waals surface area contributed by atoms with E-state index in [1.807, 2.05) is 31.2 Å². The maximum absolute atomic E-state index is 13.7. The van der Waals surface area contributed by atoms with Gasteiger partial charge in [-0.25, -0.2) is 9.18 Å². The van der Waals surface area contributed by atoms with Crippen molar-refractivity contribution in [1.29, 1.82) is 0 Å². The molecule has 0 heterocycles. The zero-order valence-corrected chi connectivity index (χ0v) is 13.0. The molecule has 0 radical (unpaired) electrons. The summed E-state index contributed by atoms with van der Waals surface area (Å²) in [5.74, 6) is -1.47. The Morgan fingerprint density at radius 2 is 2.10 bits per heavy atom. The lowest BCUT2D eigenvalue weighted by Crippen LogP contribution is -2.19. The lowest BCUT2D eigenvalue weighted by Gasteiger charge is -2.15. The largest absolute Gasteiger partial charge is 0.478 e. The Morgan fingerprint density at radius 3 is 2.76 bits per heavy atom. The van der Waals surface area contributed by atoms with E-state index in [0.29, 0.717) is 5.56 Å². The van der Waals surface area contributed by atoms with Gasteiger partial charge in [0.2, 0.25) is 0 Å². The lowest BCUT2D eigenvalue weighted by atomic mass is 10.1. The summed E-state index contributed by atoms with van der Waals surface area (Å²) in [6.45, 7) is 2.24. The second kappa shape index (κ2) is 6.83. The average molecular weight is 352 g/mol. The third-order valence-electron chi connectivity index (χ3n) is 3.24. The van der Waals surface area contributed by atoms with Crippen LogP contribution in [0.25, 0.3) is 0 Å². The molecule has 21 heavy (non-hydrogen) atoms. The highest BCUT2D eigenvalue weighted by molar-refractivity contribution is 9.10. The predicted molar refractivity (Wildman–Crippen MR) is 82.8 cm³/mol. The van der Waals surface area contributed by atoms with Gasteiger partial charge in [0, 0.05) is 22.6 Å². The first kappa shape index (κ1) is 15.7. The van der Waals surface area contributed by atoms with Crippen molar-refractivity contribution in [2.45, 2.75) is 19.5 Å². The minimum absolute atomic E-state index is 0.0235. The van der Waals surface area contributed by atoms with E-state index in [2.05, 4.69) is 21.2 Å². The summed E-state index contributed by atoms with van der Waals surface area (Å²) in [7, 11) is 0. The Balaban J connectivity index is 2.09. The Kier molecular flexibility index (Phi) is 5.09. The molecule has 0 bridgehead atoms. The van der Waals surface area contributed by atoms with Crippen molar-refractivity contribution in [3.8, 4) is 0 Å². The molecule has 1 atom stereocenters. The van der Waals surface area contributed by atoms with Gasteiger partial charge >= 0.3 is 5.97 Å². The Labute approximate surface area is 130 Å². The monoisotopic (exact) mass is 351 g/mol. The molecular weight excluding hydrogens is 337 g/mol. The number of aromatic carboxylic acids is 1. The van der Waals surface area contributed by atoms with E-state index in [0.717, 1.165) is 10.0 Å². The number of carboxylic acid groups (broad SMARTS) is 1. The highest BCUT2D eigenvalue weighted by atomic mass is 79.9. The van der Waals surface area contributed by atoms with Crippen molar-refractivity contribution in [3.05, 3.63) is 69.4 Å². The van der Waals surface area contributed by atoms with Crippen LogP contribution in [-0.4, -0.2) is 11.1 Å². The summed E-state index contributed by atoms with van der Waals surface area (Å²) in [4.78, 5) is 10.9. The fourth-order valence-corrected chi connectivity index (χ4v) is 2.42. The maximum atomic E-state index is 13.7. The number of benzene rings is 2. The molecule has 2 N–H and O–H groups in total. The third-order valence-corrected chi connectivity index (χ3v) is 3.73. The van der Waals surface area contributed by atoms with Gasteiger partial charge in [0.05, 0.1) is 5.56 Å². The first-order valence-electron chi connectivity index (χ1n) is 6.48. The molecule has 0 saturated carbocycles. The Morgan fingerprint density at radius 1 is 1.33 bits per heavy atom. The molecule has 5 heteroatoms. The molecule has 2 rings (SSSR count). The third kappa shape index (κ3) is 4.12. The number of hydrogen-bond donors (Lipinski definition) is 2. The van der Waals surface area contributed by atoms with Gasteiger partial charge in [-0.1, -0.05) is 28.1 Å². The van der Waals surface area contributed by atoms with Crippen LogP contribution in [0.15, 0.2) is 46.9 Å². The molecule has 3 nitrogen and oxygen atoms in total. The van der Waals surface area contributed by atoms with Crippen LogP contribution in [0.1, 0.15) is 34.5 Å². The van der Waals surface area contributed by atoms with Crippen LogP contribution >= 0.6 is 15.9 Å². The minimum atomic E-state index is -1.06. The Bertz CT molecular complexity index is 660. The standard InChI is InChI=1S/C16H15BrFNO2/c1-10(11-3-2-4-14(17)8-11)19-9-13-7-12(16(20)21)5-6-15(13)18/h2-8,10,19H,9H2,1H3,(H,20,21)/t10-/m0/s1. The summed E-state index contributed by atoms with van der Waals surface area (Å²) in [6.07, 6.45) is 0. The fraction of sp³-hybridized carbons (Fsp3) is 0.188. The number of nitrogens with one attached hydrogen (secondary N) is 1. The lowest BCUT2D eigenvalue weighted by molar-refractivity contribution is 0.0696. The topological polar surface area (TPSA) is 49.3 Å². The number of halogens is 2. The zero-order valence-electron chi connectivity index (χ0n) is 11.4. The summed E-state index contributed by atoms with van der Waals surface area (Å²) in [5.41, 5.74) is 1.50. The molecule has 0 saturated heterocycles. The van der Waals surface area contributed by atoms with Gasteiger partial charge in [-0.2, -0.15) is 0 Å². The summed E-state index contributed by atoms with van der Waals surface area (Å²) in [6, 6.07) is 11.7. The first-order chi connectivity index (χ1) is 9.97. The van der Waals surface area contributed by atoms with Gasteiger partial charge in [-0.3, -0.25) is 0 Å². The normalized spacial score (nSPS) is 12.1. The summed E-state index contributed by atoms with van der Waals surface area (Å²) >= 11 is 3.41. The van der Waals surface area contributed by atoms with Crippen molar-refractivity contribution >= 4 is 21.9 Å². The highest BCUT2D eigenvalue weighted by Gasteiger charge is 2.10. The second-order valence-electron chi connectivity index (χ2n) is 4.77. The van der Waals surface area contributed by atoms with E-state index in [1.165, 1.54) is 18.2 Å². The smallest absolute Gasteiger partial charge is 0.335 e. The average Bonchev–Trinajstić information content (AvgIpc) is 2.45. The number of hydrogen-bond acceptors (Lipinski definition) is 2. The van der Waals surface area contributed by atoms with E-state index in [9.17, 15) is 9.18 Å². The van der Waals surface area contributed by atoms with Gasteiger partial charge in [-0.15, -0.1) is 0 Å². The molecule has 2 aromatic carbocycles. The SMILES string of the molecule is C[C@H](NCc1cc(C(=O)O)ccc1F)c1cccc(Br)c1. The second-order valence-corrected chi connectivity index (χ2v) is 5.68. The van der Waals surface area contributed by atoms with E-state index in [1.54, 1.807) is 0 Å². The Hall–Kier alpha value is -1.72. The van der Waals surface area contributed by atoms with Crippen LogP contribution in [0.4, 0.5) is 4.39 Å². The number of rotatable bonds is 5. The molecule has 0 aliphatic heterocycles. The molecule has 2 aromatic rings. The molecule has 0 spiro atoms. The number of carbonyl (C=O) groups is 1. The van der Waals surface area contributed by atoms with Crippen LogP contribution in [0.5, 0.6) is 0 Å². The van der Waals surface area contributed by atoms with Crippen molar-refractivity contribution < 1.29 is 14.3 Å². The van der Waals surface area contributed by atoms with Crippen molar-refractivity contribution in [2.24, 2.45) is 0 Å². The van der Waals surface area contributed by atoms with Gasteiger partial charge < -0.3 is 10.4 Å². The molecule has 0 aromatic heterocycles. The van der Waals surface area contributed by atoms with Crippen LogP contribution in [0, 0.1) is 5.82 Å². The maximum Gasteiger partial charge on any atom is 0.335 e. The molecule has 0 amide bonds. The molecule has 0 aliphatic carbocycles. The highest BCUT2D eigenvalue weighted by Crippen LogP contribution is 2.19. The van der Waals surface area contributed by atoms with Gasteiger partial charge in [-0.05, 0) is 42.8 Å². The summed E-state index contributed by atoms with van der Waals surface area (Å²) < 4.78 is 14.7. The minimum Gasteiger partial charge on any atom is -0.478 e. The fourth-order valence-electron chi connectivity index (χ4n) is 2.00. The number of carboxylic acids is 1. The van der Waals surface area contributed by atoms with Crippen LogP contribution in [0.2, 0.25) is 0 Å². The molecule has 110 valence electrons. The van der Waals surface area contributed by atoms with Crippen LogP contribution in [-0.2, 0) is 6.54 Å².